The predicted octanol–water partition coefficient (Wildman–Crippen LogP) is -1.59. The molecule has 0 radical (unpaired) electrons. The van der Waals surface area contributed by atoms with Crippen molar-refractivity contribution in [2.75, 3.05) is 0 Å². The molecule has 0 aliphatic carbocycles. The van der Waals surface area contributed by atoms with Gasteiger partial charge >= 0.3 is 11.9 Å². The van der Waals surface area contributed by atoms with E-state index in [-0.39, 0.29) is 0 Å². The Hall–Kier alpha value is -1.14. The highest BCUT2D eigenvalue weighted by atomic mass is 16.4. The van der Waals surface area contributed by atoms with Gasteiger partial charge in [0.25, 0.3) is 0 Å². The van der Waals surface area contributed by atoms with E-state index in [1.54, 1.807) is 0 Å². The number of nitrogens with two attached hydrogens (primary N) is 2. The van der Waals surface area contributed by atoms with Crippen LogP contribution in [0.4, 0.5) is 0 Å². The Bertz CT molecular complexity index is 189. The summed E-state index contributed by atoms with van der Waals surface area (Å²) in [7, 11) is 0. The molecule has 0 heterocycles. The molecule has 0 rings (SSSR count). The molecular weight excluding hydrogens is 152 g/mol. The first-order chi connectivity index (χ1) is 4.80. The summed E-state index contributed by atoms with van der Waals surface area (Å²) < 4.78 is 0. The van der Waals surface area contributed by atoms with Gasteiger partial charge in [0.1, 0.15) is 0 Å². The van der Waals surface area contributed by atoms with Gasteiger partial charge < -0.3 is 21.7 Å². The van der Waals surface area contributed by atoms with Crippen LogP contribution in [-0.4, -0.2) is 27.8 Å². The number of aliphatic carboxylic acids is 2. The van der Waals surface area contributed by atoms with Gasteiger partial charge in [-0.25, -0.2) is 4.79 Å². The molecule has 0 aromatic carbocycles. The second kappa shape index (κ2) is 2.85. The van der Waals surface area contributed by atoms with E-state index in [1.807, 2.05) is 0 Å². The van der Waals surface area contributed by atoms with Gasteiger partial charge in [-0.1, -0.05) is 0 Å². The van der Waals surface area contributed by atoms with Crippen LogP contribution in [0.3, 0.4) is 0 Å². The maximum Gasteiger partial charge on any atom is 0.339 e. The van der Waals surface area contributed by atoms with Gasteiger partial charge in [-0.05, 0) is 6.92 Å². The molecule has 0 aromatic heterocycles. The van der Waals surface area contributed by atoms with Gasteiger partial charge in [-0.2, -0.15) is 0 Å². The number of rotatable bonds is 3. The summed E-state index contributed by atoms with van der Waals surface area (Å²) in [5.74, 6) is -4.19. The zero-order valence-electron chi connectivity index (χ0n) is 5.94. The van der Waals surface area contributed by atoms with E-state index in [1.165, 1.54) is 0 Å². The predicted molar refractivity (Wildman–Crippen MR) is 35.5 cm³/mol. The first-order valence-corrected chi connectivity index (χ1v) is 2.84. The number of carboxylic acid groups (broad SMARTS) is 2. The van der Waals surface area contributed by atoms with Crippen molar-refractivity contribution in [2.24, 2.45) is 17.4 Å². The van der Waals surface area contributed by atoms with Crippen LogP contribution >= 0.6 is 0 Å². The van der Waals surface area contributed by atoms with Gasteiger partial charge in [-0.15, -0.1) is 0 Å². The standard InChI is InChI=1S/C5H10N2O4/c1-2(3(8)9)5(6,7)4(10)11/h2H,6-7H2,1H3,(H,8,9)(H,10,11)/t2-/m1/s1. The molecule has 0 aliphatic heterocycles. The third-order valence-electron chi connectivity index (χ3n) is 1.46. The number of carbonyl (C=O) groups is 2. The highest BCUT2D eigenvalue weighted by Crippen LogP contribution is 2.07. The van der Waals surface area contributed by atoms with Crippen molar-refractivity contribution in [3.8, 4) is 0 Å². The Morgan fingerprint density at radius 1 is 1.36 bits per heavy atom. The third kappa shape index (κ3) is 1.89. The fourth-order valence-electron chi connectivity index (χ4n) is 0.390. The summed E-state index contributed by atoms with van der Waals surface area (Å²) in [4.78, 5) is 20.5. The van der Waals surface area contributed by atoms with Crippen molar-refractivity contribution >= 4 is 11.9 Å². The fourth-order valence-corrected chi connectivity index (χ4v) is 0.390. The average Bonchev–Trinajstić information content (AvgIpc) is 1.85. The molecule has 6 heteroatoms. The molecule has 1 atom stereocenters. The van der Waals surface area contributed by atoms with Crippen molar-refractivity contribution in [3.63, 3.8) is 0 Å². The molecule has 0 bridgehead atoms. The van der Waals surface area contributed by atoms with Crippen LogP contribution in [0.5, 0.6) is 0 Å². The number of carboxylic acids is 2. The Morgan fingerprint density at radius 2 is 1.73 bits per heavy atom. The average molecular weight is 162 g/mol. The van der Waals surface area contributed by atoms with E-state index in [4.69, 9.17) is 21.7 Å². The van der Waals surface area contributed by atoms with Crippen LogP contribution in [0.2, 0.25) is 0 Å². The maximum atomic E-state index is 10.3. The molecule has 0 fully saturated rings. The lowest BCUT2D eigenvalue weighted by molar-refractivity contribution is -0.154. The molecule has 0 saturated carbocycles. The summed E-state index contributed by atoms with van der Waals surface area (Å²) in [6.07, 6.45) is 0. The van der Waals surface area contributed by atoms with Crippen LogP contribution in [0.1, 0.15) is 6.92 Å². The normalized spacial score (nSPS) is 14.1. The Kier molecular flexibility index (Phi) is 2.55. The van der Waals surface area contributed by atoms with Crippen LogP contribution in [0, 0.1) is 5.92 Å². The molecule has 0 aromatic rings. The maximum absolute atomic E-state index is 10.3. The minimum atomic E-state index is -2.20. The van der Waals surface area contributed by atoms with Crippen molar-refractivity contribution in [1.29, 1.82) is 0 Å². The summed E-state index contributed by atoms with van der Waals surface area (Å²) in [5.41, 5.74) is 7.80. The van der Waals surface area contributed by atoms with Crippen LogP contribution in [-0.2, 0) is 9.59 Å². The van der Waals surface area contributed by atoms with Gasteiger partial charge in [0.2, 0.25) is 0 Å². The van der Waals surface area contributed by atoms with E-state index >= 15 is 0 Å². The molecule has 0 spiro atoms. The molecule has 0 aliphatic rings. The summed E-state index contributed by atoms with van der Waals surface area (Å²) in [5, 5.41) is 16.7. The topological polar surface area (TPSA) is 127 Å². The monoisotopic (exact) mass is 162 g/mol. The molecule has 64 valence electrons. The molecule has 0 amide bonds. The van der Waals surface area contributed by atoms with Crippen LogP contribution in [0.15, 0.2) is 0 Å². The van der Waals surface area contributed by atoms with E-state index in [2.05, 4.69) is 0 Å². The second-order valence-corrected chi connectivity index (χ2v) is 2.30. The minimum Gasteiger partial charge on any atom is -0.481 e. The van der Waals surface area contributed by atoms with E-state index in [0.29, 0.717) is 0 Å². The summed E-state index contributed by atoms with van der Waals surface area (Å²) in [6.45, 7) is 1.14. The van der Waals surface area contributed by atoms with Gasteiger partial charge in [0.15, 0.2) is 5.66 Å². The van der Waals surface area contributed by atoms with E-state index in [9.17, 15) is 9.59 Å². The van der Waals surface area contributed by atoms with Gasteiger partial charge in [0, 0.05) is 0 Å². The molecule has 11 heavy (non-hydrogen) atoms. The molecule has 6 N–H and O–H groups in total. The smallest absolute Gasteiger partial charge is 0.339 e. The van der Waals surface area contributed by atoms with Crippen molar-refractivity contribution in [2.45, 2.75) is 12.6 Å². The molecule has 0 unspecified atom stereocenters. The quantitative estimate of drug-likeness (QED) is 0.370. The van der Waals surface area contributed by atoms with Crippen LogP contribution in [0.25, 0.3) is 0 Å². The largest absolute Gasteiger partial charge is 0.481 e. The first kappa shape index (κ1) is 9.86. The Morgan fingerprint density at radius 3 is 1.82 bits per heavy atom. The first-order valence-electron chi connectivity index (χ1n) is 2.84. The summed E-state index contributed by atoms with van der Waals surface area (Å²) >= 11 is 0. The highest BCUT2D eigenvalue weighted by Gasteiger charge is 2.39. The van der Waals surface area contributed by atoms with Crippen molar-refractivity contribution in [1.82, 2.24) is 0 Å². The summed E-state index contributed by atoms with van der Waals surface area (Å²) in [6, 6.07) is 0. The van der Waals surface area contributed by atoms with Crippen molar-refractivity contribution < 1.29 is 19.8 Å². The SMILES string of the molecule is C[C@H](C(=O)O)C(N)(N)C(=O)O. The number of hydrogen-bond acceptors (Lipinski definition) is 4. The Balaban J connectivity index is 4.55. The highest BCUT2D eigenvalue weighted by molar-refractivity contribution is 5.85. The van der Waals surface area contributed by atoms with Gasteiger partial charge in [-0.3, -0.25) is 4.79 Å². The lowest BCUT2D eigenvalue weighted by atomic mass is 9.96. The second-order valence-electron chi connectivity index (χ2n) is 2.30. The third-order valence-corrected chi connectivity index (χ3v) is 1.46. The molecule has 6 nitrogen and oxygen atoms in total. The lowest BCUT2D eigenvalue weighted by Gasteiger charge is -2.22. The fraction of sp³-hybridized carbons (Fsp3) is 0.600. The van der Waals surface area contributed by atoms with Gasteiger partial charge in [0.05, 0.1) is 5.92 Å². The van der Waals surface area contributed by atoms with E-state index < -0.39 is 23.5 Å². The zero-order chi connectivity index (χ0) is 9.23. The Labute approximate surface area is 62.8 Å². The zero-order valence-corrected chi connectivity index (χ0v) is 5.94. The minimum absolute atomic E-state index is 1.14. The number of hydrogen-bond donors (Lipinski definition) is 4. The molecule has 0 saturated heterocycles. The lowest BCUT2D eigenvalue weighted by Crippen LogP contribution is -2.62. The van der Waals surface area contributed by atoms with E-state index in [0.717, 1.165) is 6.92 Å². The molecular formula is C5H10N2O4. The van der Waals surface area contributed by atoms with Crippen molar-refractivity contribution in [3.05, 3.63) is 0 Å². The van der Waals surface area contributed by atoms with Crippen LogP contribution < -0.4 is 11.5 Å².